The van der Waals surface area contributed by atoms with Crippen molar-refractivity contribution in [2.75, 3.05) is 0 Å². The van der Waals surface area contributed by atoms with Crippen molar-refractivity contribution in [3.8, 4) is 22.6 Å². The van der Waals surface area contributed by atoms with Crippen molar-refractivity contribution in [1.29, 1.82) is 0 Å². The first-order valence-electron chi connectivity index (χ1n) is 9.40. The van der Waals surface area contributed by atoms with Crippen LogP contribution in [0.2, 0.25) is 0 Å². The minimum Gasteiger partial charge on any atom is -0.436 e. The lowest BCUT2D eigenvalue weighted by Crippen LogP contribution is -2.20. The molecular weight excluding hydrogens is 409 g/mol. The number of aryl methyl sites for hydroxylation is 2. The maximum Gasteiger partial charge on any atom is 0.435 e. The Hall–Kier alpha value is -3.88. The molecule has 0 saturated heterocycles. The number of aromatic amines is 1. The lowest BCUT2D eigenvalue weighted by atomic mass is 10.1. The summed E-state index contributed by atoms with van der Waals surface area (Å²) in [5.41, 5.74) is 0.447. The van der Waals surface area contributed by atoms with Crippen LogP contribution in [0.15, 0.2) is 57.7 Å². The molecule has 156 valence electrons. The highest BCUT2D eigenvalue weighted by Crippen LogP contribution is 2.38. The van der Waals surface area contributed by atoms with Crippen LogP contribution in [0.1, 0.15) is 17.0 Å². The van der Waals surface area contributed by atoms with Crippen LogP contribution in [-0.4, -0.2) is 19.6 Å². The molecule has 3 heterocycles. The van der Waals surface area contributed by atoms with E-state index in [1.165, 1.54) is 12.1 Å². The summed E-state index contributed by atoms with van der Waals surface area (Å²) in [4.78, 5) is 20.6. The number of H-pyrrole nitrogens is 1. The molecule has 0 atom stereocenters. The van der Waals surface area contributed by atoms with Gasteiger partial charge in [-0.3, -0.25) is 4.79 Å². The Morgan fingerprint density at radius 3 is 2.42 bits per heavy atom. The molecule has 6 nitrogen and oxygen atoms in total. The van der Waals surface area contributed by atoms with Crippen LogP contribution < -0.4 is 5.56 Å². The van der Waals surface area contributed by atoms with Crippen LogP contribution >= 0.6 is 0 Å². The lowest BCUT2D eigenvalue weighted by Gasteiger charge is -2.07. The van der Waals surface area contributed by atoms with Gasteiger partial charge in [0, 0.05) is 5.69 Å². The summed E-state index contributed by atoms with van der Waals surface area (Å²) in [5, 5.41) is 3.64. The molecule has 0 bridgehead atoms. The van der Waals surface area contributed by atoms with Crippen molar-refractivity contribution in [1.82, 2.24) is 19.6 Å². The van der Waals surface area contributed by atoms with Crippen LogP contribution in [0.4, 0.5) is 13.2 Å². The molecule has 5 aromatic rings. The highest BCUT2D eigenvalue weighted by Gasteiger charge is 2.39. The highest BCUT2D eigenvalue weighted by atomic mass is 19.4. The third kappa shape index (κ3) is 2.92. The molecule has 9 heteroatoms. The summed E-state index contributed by atoms with van der Waals surface area (Å²) < 4.78 is 47.8. The summed E-state index contributed by atoms with van der Waals surface area (Å²) in [6.07, 6.45) is -4.75. The van der Waals surface area contributed by atoms with E-state index in [-0.39, 0.29) is 22.7 Å². The Bertz CT molecular complexity index is 1510. The summed E-state index contributed by atoms with van der Waals surface area (Å²) in [6.45, 7) is 3.44. The van der Waals surface area contributed by atoms with Crippen LogP contribution in [0, 0.1) is 13.8 Å². The average molecular weight is 424 g/mol. The molecule has 0 saturated carbocycles. The van der Waals surface area contributed by atoms with E-state index in [0.29, 0.717) is 22.4 Å². The van der Waals surface area contributed by atoms with Gasteiger partial charge in [-0.15, -0.1) is 0 Å². The van der Waals surface area contributed by atoms with Crippen molar-refractivity contribution in [3.63, 3.8) is 0 Å². The Morgan fingerprint density at radius 1 is 1.00 bits per heavy atom. The molecule has 0 fully saturated rings. The second-order valence-electron chi connectivity index (χ2n) is 7.22. The minimum absolute atomic E-state index is 0.0234. The Balaban J connectivity index is 1.84. The van der Waals surface area contributed by atoms with Gasteiger partial charge in [-0.1, -0.05) is 42.5 Å². The van der Waals surface area contributed by atoms with Crippen molar-refractivity contribution in [3.05, 3.63) is 75.8 Å². The van der Waals surface area contributed by atoms with Gasteiger partial charge in [-0.05, 0) is 31.0 Å². The molecule has 5 rings (SSSR count). The molecule has 1 N–H and O–H groups in total. The third-order valence-corrected chi connectivity index (χ3v) is 5.14. The molecule has 0 aliphatic heterocycles. The van der Waals surface area contributed by atoms with Gasteiger partial charge in [0.25, 0.3) is 5.56 Å². The molecule has 0 aliphatic rings. The zero-order chi connectivity index (χ0) is 21.9. The average Bonchev–Trinajstić information content (AvgIpc) is 3.31. The lowest BCUT2D eigenvalue weighted by molar-refractivity contribution is -0.140. The fourth-order valence-corrected chi connectivity index (χ4v) is 3.71. The van der Waals surface area contributed by atoms with E-state index in [2.05, 4.69) is 15.1 Å². The van der Waals surface area contributed by atoms with Crippen LogP contribution in [0.5, 0.6) is 0 Å². The Kier molecular flexibility index (Phi) is 4.04. The predicted octanol–water partition coefficient (Wildman–Crippen LogP) is 5.13. The zero-order valence-electron chi connectivity index (χ0n) is 16.4. The molecule has 0 amide bonds. The van der Waals surface area contributed by atoms with Gasteiger partial charge >= 0.3 is 6.18 Å². The van der Waals surface area contributed by atoms with E-state index in [1.807, 2.05) is 13.0 Å². The van der Waals surface area contributed by atoms with E-state index in [0.717, 1.165) is 10.1 Å². The largest absolute Gasteiger partial charge is 0.436 e. The molecule has 0 spiro atoms. The van der Waals surface area contributed by atoms with E-state index in [9.17, 15) is 18.0 Å². The normalized spacial score (nSPS) is 12.2. The summed E-state index contributed by atoms with van der Waals surface area (Å²) in [7, 11) is 0. The molecule has 3 aromatic heterocycles. The fraction of sp³-hybridized carbons (Fsp3) is 0.136. The van der Waals surface area contributed by atoms with Gasteiger partial charge in [0.2, 0.25) is 5.89 Å². The molecule has 2 aromatic carbocycles. The fourth-order valence-electron chi connectivity index (χ4n) is 3.71. The zero-order valence-corrected chi connectivity index (χ0v) is 16.4. The summed E-state index contributed by atoms with van der Waals surface area (Å²) in [5.74, 6) is 0.0234. The number of aromatic nitrogens is 4. The van der Waals surface area contributed by atoms with E-state index >= 15 is 0 Å². The minimum atomic E-state index is -4.75. The van der Waals surface area contributed by atoms with Crippen LogP contribution in [-0.2, 0) is 6.18 Å². The first-order chi connectivity index (χ1) is 14.8. The SMILES string of the molecule is Cc1[nH]c2c(-c3ccccc3)c(C(F)(F)F)nn2c(=O)c1-c1nc2c(C)cccc2o1. The number of benzene rings is 2. The predicted molar refractivity (Wildman–Crippen MR) is 109 cm³/mol. The van der Waals surface area contributed by atoms with Gasteiger partial charge in [0.05, 0.1) is 5.56 Å². The van der Waals surface area contributed by atoms with E-state index in [1.54, 1.807) is 37.3 Å². The van der Waals surface area contributed by atoms with Gasteiger partial charge in [0.1, 0.15) is 16.7 Å². The van der Waals surface area contributed by atoms with Gasteiger partial charge in [-0.2, -0.15) is 22.8 Å². The monoisotopic (exact) mass is 424 g/mol. The first kappa shape index (κ1) is 19.1. The Labute approximate surface area is 173 Å². The third-order valence-electron chi connectivity index (χ3n) is 5.14. The van der Waals surface area contributed by atoms with Gasteiger partial charge < -0.3 is 9.40 Å². The van der Waals surface area contributed by atoms with Gasteiger partial charge in [0.15, 0.2) is 11.3 Å². The molecule has 0 aliphatic carbocycles. The second-order valence-corrected chi connectivity index (χ2v) is 7.22. The van der Waals surface area contributed by atoms with Crippen molar-refractivity contribution >= 4 is 16.7 Å². The number of hydrogen-bond acceptors (Lipinski definition) is 4. The number of rotatable bonds is 2. The number of nitrogens with one attached hydrogen (secondary N) is 1. The van der Waals surface area contributed by atoms with E-state index < -0.39 is 17.4 Å². The maximum atomic E-state index is 13.8. The number of nitrogens with zero attached hydrogens (tertiary/aromatic N) is 3. The Morgan fingerprint density at radius 2 is 1.74 bits per heavy atom. The summed E-state index contributed by atoms with van der Waals surface area (Å²) >= 11 is 0. The maximum absolute atomic E-state index is 13.8. The van der Waals surface area contributed by atoms with Crippen LogP contribution in [0.25, 0.3) is 39.3 Å². The van der Waals surface area contributed by atoms with Crippen molar-refractivity contribution in [2.45, 2.75) is 20.0 Å². The topological polar surface area (TPSA) is 76.2 Å². The van der Waals surface area contributed by atoms with E-state index in [4.69, 9.17) is 4.42 Å². The second kappa shape index (κ2) is 6.56. The number of para-hydroxylation sites is 1. The number of alkyl halides is 3. The van der Waals surface area contributed by atoms with Crippen molar-refractivity contribution < 1.29 is 17.6 Å². The molecule has 0 radical (unpaired) electrons. The van der Waals surface area contributed by atoms with Crippen molar-refractivity contribution in [2.24, 2.45) is 0 Å². The summed E-state index contributed by atoms with van der Waals surface area (Å²) in [6, 6.07) is 13.4. The molecule has 31 heavy (non-hydrogen) atoms. The first-order valence-corrected chi connectivity index (χ1v) is 9.40. The number of fused-ring (bicyclic) bond motifs is 2. The molecular formula is C22H15F3N4O2. The smallest absolute Gasteiger partial charge is 0.435 e. The number of halogens is 3. The van der Waals surface area contributed by atoms with Gasteiger partial charge in [-0.25, -0.2) is 4.98 Å². The van der Waals surface area contributed by atoms with Crippen LogP contribution in [0.3, 0.4) is 0 Å². The number of oxazole rings is 1. The molecule has 0 unspecified atom stereocenters. The quantitative estimate of drug-likeness (QED) is 0.426. The standard InChI is InChI=1S/C22H15F3N4O2/c1-11-7-6-10-14-17(11)27-20(31-14)15-12(2)26-19-16(13-8-4-3-5-9-13)18(22(23,24)25)28-29(19)21(15)30/h3-10,26H,1-2H3. The highest BCUT2D eigenvalue weighted by molar-refractivity contribution is 5.82. The number of hydrogen-bond donors (Lipinski definition) is 1.